The minimum absolute atomic E-state index is 0.388. The van der Waals surface area contributed by atoms with Crippen LogP contribution < -0.4 is 4.90 Å². The molecule has 0 saturated carbocycles. The van der Waals surface area contributed by atoms with Crippen molar-refractivity contribution < 1.29 is 5.11 Å². The fourth-order valence-electron chi connectivity index (χ4n) is 2.34. The highest BCUT2D eigenvalue weighted by molar-refractivity contribution is 9.10. The monoisotopic (exact) mass is 347 g/mol. The number of nitrogens with zero attached hydrogens (tertiary/aromatic N) is 1. The van der Waals surface area contributed by atoms with Gasteiger partial charge in [-0.1, -0.05) is 36.4 Å². The van der Waals surface area contributed by atoms with Crippen molar-refractivity contribution in [2.45, 2.75) is 39.5 Å². The van der Waals surface area contributed by atoms with Crippen LogP contribution in [-0.2, 0) is 6.54 Å². The highest BCUT2D eigenvalue weighted by Crippen LogP contribution is 2.31. The highest BCUT2D eigenvalue weighted by Gasteiger charge is 2.15. The van der Waals surface area contributed by atoms with Gasteiger partial charge in [0.05, 0.1) is 11.8 Å². The number of aliphatic hydroxyl groups excluding tert-OH is 1. The molecule has 0 radical (unpaired) electrons. The zero-order chi connectivity index (χ0) is 15.4. The van der Waals surface area contributed by atoms with Gasteiger partial charge in [0.1, 0.15) is 0 Å². The van der Waals surface area contributed by atoms with Crippen LogP contribution in [-0.4, -0.2) is 11.1 Å². The van der Waals surface area contributed by atoms with E-state index in [4.69, 9.17) is 0 Å². The van der Waals surface area contributed by atoms with Crippen LogP contribution in [0.1, 0.15) is 38.0 Å². The summed E-state index contributed by atoms with van der Waals surface area (Å²) in [6.45, 7) is 7.03. The van der Waals surface area contributed by atoms with Crippen LogP contribution in [0.4, 0.5) is 5.69 Å². The Bertz CT molecular complexity index is 581. The fraction of sp³-hybridized carbons (Fsp3) is 0.333. The van der Waals surface area contributed by atoms with Gasteiger partial charge in [-0.2, -0.15) is 0 Å². The smallest absolute Gasteiger partial charge is 0.0762 e. The Balaban J connectivity index is 2.30. The van der Waals surface area contributed by atoms with Crippen molar-refractivity contribution in [1.82, 2.24) is 0 Å². The van der Waals surface area contributed by atoms with Gasteiger partial charge in [0.2, 0.25) is 0 Å². The summed E-state index contributed by atoms with van der Waals surface area (Å²) in [6.07, 6.45) is -0.447. The molecule has 21 heavy (non-hydrogen) atoms. The molecule has 0 heterocycles. The summed E-state index contributed by atoms with van der Waals surface area (Å²) >= 11 is 3.64. The number of aliphatic hydroxyl groups is 1. The Kier molecular flexibility index (Phi) is 5.43. The van der Waals surface area contributed by atoms with E-state index in [-0.39, 0.29) is 0 Å². The molecule has 0 aliphatic rings. The molecule has 0 saturated heterocycles. The Labute approximate surface area is 135 Å². The lowest BCUT2D eigenvalue weighted by molar-refractivity contribution is 0.199. The molecule has 2 aromatic carbocycles. The Hall–Kier alpha value is -1.32. The standard InChI is InChI=1S/C18H22BrNO/c1-13(2)20(12-15-7-5-4-6-8-15)18-10-9-16(14(3)21)11-17(18)19/h4-11,13-14,21H,12H2,1-3H3/t14-/m0/s1. The van der Waals surface area contributed by atoms with Crippen LogP contribution in [0, 0.1) is 0 Å². The van der Waals surface area contributed by atoms with Gasteiger partial charge in [-0.05, 0) is 60.0 Å². The second-order valence-electron chi connectivity index (χ2n) is 5.59. The molecule has 0 spiro atoms. The maximum absolute atomic E-state index is 9.69. The number of benzene rings is 2. The minimum Gasteiger partial charge on any atom is -0.389 e. The second kappa shape index (κ2) is 7.10. The summed E-state index contributed by atoms with van der Waals surface area (Å²) in [5.74, 6) is 0. The third-order valence-electron chi connectivity index (χ3n) is 3.58. The number of anilines is 1. The molecule has 0 unspecified atom stereocenters. The molecule has 2 rings (SSSR count). The maximum Gasteiger partial charge on any atom is 0.0762 e. The number of hydrogen-bond acceptors (Lipinski definition) is 2. The highest BCUT2D eigenvalue weighted by atomic mass is 79.9. The lowest BCUT2D eigenvalue weighted by Crippen LogP contribution is -2.30. The van der Waals surface area contributed by atoms with Crippen molar-refractivity contribution in [3.63, 3.8) is 0 Å². The SMILES string of the molecule is CC(C)N(Cc1ccccc1)c1ccc([C@H](C)O)cc1Br. The van der Waals surface area contributed by atoms with Crippen molar-refractivity contribution in [2.75, 3.05) is 4.90 Å². The molecule has 2 nitrogen and oxygen atoms in total. The molecule has 3 heteroatoms. The van der Waals surface area contributed by atoms with Gasteiger partial charge in [-0.3, -0.25) is 0 Å². The predicted octanol–water partition coefficient (Wildman–Crippen LogP) is 4.92. The minimum atomic E-state index is -0.447. The van der Waals surface area contributed by atoms with E-state index in [9.17, 15) is 5.11 Å². The molecular formula is C18H22BrNO. The van der Waals surface area contributed by atoms with E-state index in [1.165, 1.54) is 5.56 Å². The quantitative estimate of drug-likeness (QED) is 0.829. The van der Waals surface area contributed by atoms with Crippen LogP contribution in [0.5, 0.6) is 0 Å². The van der Waals surface area contributed by atoms with Crippen LogP contribution in [0.15, 0.2) is 53.0 Å². The van der Waals surface area contributed by atoms with Crippen molar-refractivity contribution in [3.05, 3.63) is 64.1 Å². The molecule has 112 valence electrons. The largest absolute Gasteiger partial charge is 0.389 e. The van der Waals surface area contributed by atoms with E-state index in [2.05, 4.69) is 65.0 Å². The van der Waals surface area contributed by atoms with Gasteiger partial charge in [-0.25, -0.2) is 0 Å². The lowest BCUT2D eigenvalue weighted by Gasteiger charge is -2.30. The topological polar surface area (TPSA) is 23.5 Å². The molecule has 2 aromatic rings. The molecule has 0 aliphatic carbocycles. The molecule has 0 aromatic heterocycles. The zero-order valence-corrected chi connectivity index (χ0v) is 14.3. The number of rotatable bonds is 5. The van der Waals surface area contributed by atoms with Gasteiger partial charge in [0.15, 0.2) is 0 Å². The van der Waals surface area contributed by atoms with Crippen LogP contribution in [0.2, 0.25) is 0 Å². The molecule has 0 bridgehead atoms. The Morgan fingerprint density at radius 3 is 2.24 bits per heavy atom. The normalized spacial score (nSPS) is 12.5. The number of hydrogen-bond donors (Lipinski definition) is 1. The summed E-state index contributed by atoms with van der Waals surface area (Å²) < 4.78 is 1.02. The molecule has 1 atom stereocenters. The summed E-state index contributed by atoms with van der Waals surface area (Å²) in [7, 11) is 0. The van der Waals surface area contributed by atoms with Crippen molar-refractivity contribution in [1.29, 1.82) is 0 Å². The second-order valence-corrected chi connectivity index (χ2v) is 6.45. The molecule has 0 amide bonds. The average molecular weight is 348 g/mol. The molecule has 0 fully saturated rings. The van der Waals surface area contributed by atoms with Crippen LogP contribution in [0.3, 0.4) is 0 Å². The van der Waals surface area contributed by atoms with Crippen molar-refractivity contribution in [2.24, 2.45) is 0 Å². The first-order valence-electron chi connectivity index (χ1n) is 7.27. The van der Waals surface area contributed by atoms with Crippen LogP contribution >= 0.6 is 15.9 Å². The average Bonchev–Trinajstić information content (AvgIpc) is 2.46. The first-order valence-corrected chi connectivity index (χ1v) is 8.06. The van der Waals surface area contributed by atoms with E-state index in [0.717, 1.165) is 22.3 Å². The predicted molar refractivity (Wildman–Crippen MR) is 92.5 cm³/mol. The van der Waals surface area contributed by atoms with E-state index in [0.29, 0.717) is 6.04 Å². The van der Waals surface area contributed by atoms with Gasteiger partial charge in [-0.15, -0.1) is 0 Å². The first-order chi connectivity index (χ1) is 9.99. The van der Waals surface area contributed by atoms with E-state index >= 15 is 0 Å². The van der Waals surface area contributed by atoms with Gasteiger partial charge >= 0.3 is 0 Å². The van der Waals surface area contributed by atoms with Gasteiger partial charge < -0.3 is 10.0 Å². The van der Waals surface area contributed by atoms with E-state index in [1.54, 1.807) is 6.92 Å². The van der Waals surface area contributed by atoms with Crippen molar-refractivity contribution in [3.8, 4) is 0 Å². The summed E-state index contributed by atoms with van der Waals surface area (Å²) in [4.78, 5) is 2.35. The zero-order valence-electron chi connectivity index (χ0n) is 12.8. The van der Waals surface area contributed by atoms with Crippen LogP contribution in [0.25, 0.3) is 0 Å². The Morgan fingerprint density at radius 1 is 1.05 bits per heavy atom. The Morgan fingerprint density at radius 2 is 1.71 bits per heavy atom. The molecule has 0 aliphatic heterocycles. The van der Waals surface area contributed by atoms with Gasteiger partial charge in [0, 0.05) is 17.1 Å². The fourth-order valence-corrected chi connectivity index (χ4v) is 2.97. The maximum atomic E-state index is 9.69. The first kappa shape index (κ1) is 16.1. The van der Waals surface area contributed by atoms with Gasteiger partial charge in [0.25, 0.3) is 0 Å². The van der Waals surface area contributed by atoms with Crippen molar-refractivity contribution >= 4 is 21.6 Å². The third kappa shape index (κ3) is 4.08. The molecule has 1 N–H and O–H groups in total. The summed E-state index contributed by atoms with van der Waals surface area (Å²) in [5.41, 5.74) is 3.37. The molecular weight excluding hydrogens is 326 g/mol. The summed E-state index contributed by atoms with van der Waals surface area (Å²) in [6, 6.07) is 16.9. The lowest BCUT2D eigenvalue weighted by atomic mass is 10.1. The summed E-state index contributed by atoms with van der Waals surface area (Å²) in [5, 5.41) is 9.69. The van der Waals surface area contributed by atoms with E-state index < -0.39 is 6.10 Å². The van der Waals surface area contributed by atoms with E-state index in [1.807, 2.05) is 18.2 Å². The number of halogens is 1. The third-order valence-corrected chi connectivity index (χ3v) is 4.22.